The first-order chi connectivity index (χ1) is 11.3. The molecule has 0 spiro atoms. The fourth-order valence-electron chi connectivity index (χ4n) is 3.94. The first-order valence-electron chi connectivity index (χ1n) is 8.77. The van der Waals surface area contributed by atoms with Crippen molar-refractivity contribution in [2.45, 2.75) is 69.9 Å². The van der Waals surface area contributed by atoms with Gasteiger partial charge < -0.3 is 4.90 Å². The molecule has 1 aromatic carbocycles. The molecule has 2 aliphatic rings. The number of carbonyl (C=O) groups is 1. The largest absolute Gasteiger partial charge is 0.312 e. The van der Waals surface area contributed by atoms with Crippen molar-refractivity contribution in [1.82, 2.24) is 4.31 Å². The number of rotatable bonds is 3. The molecule has 6 heteroatoms. The third kappa shape index (κ3) is 2.97. The van der Waals surface area contributed by atoms with Crippen LogP contribution in [0.4, 0.5) is 5.69 Å². The summed E-state index contributed by atoms with van der Waals surface area (Å²) < 4.78 is 28.3. The molecule has 1 aromatic rings. The summed E-state index contributed by atoms with van der Waals surface area (Å²) in [5.41, 5.74) is 1.43. The maximum atomic E-state index is 13.3. The van der Waals surface area contributed by atoms with E-state index in [4.69, 9.17) is 0 Å². The molecule has 5 nitrogen and oxygen atoms in total. The Kier molecular flexibility index (Phi) is 4.71. The number of carbonyl (C=O) groups excluding carboxylic acids is 1. The van der Waals surface area contributed by atoms with Crippen molar-refractivity contribution < 1.29 is 13.2 Å². The Morgan fingerprint density at radius 3 is 2.33 bits per heavy atom. The summed E-state index contributed by atoms with van der Waals surface area (Å²) in [7, 11) is -3.57. The fraction of sp³-hybridized carbons (Fsp3) is 0.611. The quantitative estimate of drug-likeness (QED) is 0.842. The van der Waals surface area contributed by atoms with E-state index in [1.807, 2.05) is 32.9 Å². The topological polar surface area (TPSA) is 57.7 Å². The Morgan fingerprint density at radius 2 is 1.75 bits per heavy atom. The number of sulfonamides is 1. The molecule has 0 bridgehead atoms. The maximum absolute atomic E-state index is 13.3. The summed E-state index contributed by atoms with van der Waals surface area (Å²) >= 11 is 0. The van der Waals surface area contributed by atoms with Gasteiger partial charge in [0.2, 0.25) is 15.9 Å². The first-order valence-corrected chi connectivity index (χ1v) is 10.2. The highest BCUT2D eigenvalue weighted by Crippen LogP contribution is 2.33. The molecule has 0 aromatic heterocycles. The number of hydrogen-bond acceptors (Lipinski definition) is 3. The van der Waals surface area contributed by atoms with E-state index in [1.54, 1.807) is 15.3 Å². The van der Waals surface area contributed by atoms with Crippen LogP contribution in [-0.4, -0.2) is 37.3 Å². The van der Waals surface area contributed by atoms with E-state index in [0.29, 0.717) is 23.5 Å². The smallest absolute Gasteiger partial charge is 0.243 e. The Morgan fingerprint density at radius 1 is 1.08 bits per heavy atom. The van der Waals surface area contributed by atoms with Crippen LogP contribution in [0.3, 0.4) is 0 Å². The summed E-state index contributed by atoms with van der Waals surface area (Å²) in [6.45, 7) is 6.45. The van der Waals surface area contributed by atoms with Crippen molar-refractivity contribution in [2.24, 2.45) is 0 Å². The highest BCUT2D eigenvalue weighted by atomic mass is 32.2. The van der Waals surface area contributed by atoms with Crippen LogP contribution in [0.2, 0.25) is 0 Å². The summed E-state index contributed by atoms with van der Waals surface area (Å²) in [5, 5.41) is 0. The Balaban J connectivity index is 2.02. The minimum Gasteiger partial charge on any atom is -0.312 e. The van der Waals surface area contributed by atoms with E-state index in [2.05, 4.69) is 0 Å². The molecule has 2 saturated heterocycles. The zero-order valence-electron chi connectivity index (χ0n) is 14.7. The lowest BCUT2D eigenvalue weighted by Crippen LogP contribution is -2.47. The lowest BCUT2D eigenvalue weighted by Gasteiger charge is -2.38. The van der Waals surface area contributed by atoms with Crippen LogP contribution in [0.15, 0.2) is 23.1 Å². The molecule has 0 radical (unpaired) electrons. The second-order valence-electron chi connectivity index (χ2n) is 7.06. The molecule has 0 unspecified atom stereocenters. The van der Waals surface area contributed by atoms with Gasteiger partial charge in [0.15, 0.2) is 0 Å². The Labute approximate surface area is 144 Å². The van der Waals surface area contributed by atoms with Gasteiger partial charge >= 0.3 is 0 Å². The number of hydrogen-bond donors (Lipinski definition) is 0. The van der Waals surface area contributed by atoms with E-state index >= 15 is 0 Å². The normalized spacial score (nSPS) is 26.1. The minimum atomic E-state index is -3.57. The predicted octanol–water partition coefficient (Wildman–Crippen LogP) is 3.07. The van der Waals surface area contributed by atoms with Crippen LogP contribution in [0, 0.1) is 6.92 Å². The highest BCUT2D eigenvalue weighted by molar-refractivity contribution is 7.89. The van der Waals surface area contributed by atoms with Gasteiger partial charge in [-0.1, -0.05) is 12.5 Å². The molecule has 2 heterocycles. The zero-order chi connectivity index (χ0) is 17.5. The molecular formula is C18H26N2O3S. The van der Waals surface area contributed by atoms with Gasteiger partial charge in [-0.05, 0) is 57.7 Å². The number of aryl methyl sites for hydroxylation is 1. The van der Waals surface area contributed by atoms with Crippen LogP contribution < -0.4 is 4.90 Å². The monoisotopic (exact) mass is 350 g/mol. The summed E-state index contributed by atoms with van der Waals surface area (Å²) in [6, 6.07) is 5.36. The number of anilines is 1. The summed E-state index contributed by atoms with van der Waals surface area (Å²) in [5.74, 6) is 0.0712. The second-order valence-corrected chi connectivity index (χ2v) is 8.87. The molecule has 0 saturated carbocycles. The van der Waals surface area contributed by atoms with Crippen molar-refractivity contribution >= 4 is 21.6 Å². The SMILES string of the molecule is Cc1ccc(N2CCCC2=O)cc1S(=O)(=O)N1[C@H](C)CCC[C@H]1C. The van der Waals surface area contributed by atoms with Crippen molar-refractivity contribution in [3.05, 3.63) is 23.8 Å². The van der Waals surface area contributed by atoms with Crippen LogP contribution in [0.1, 0.15) is 51.5 Å². The second kappa shape index (κ2) is 6.48. The summed E-state index contributed by atoms with van der Waals surface area (Å²) in [4.78, 5) is 14.0. The number of nitrogens with zero attached hydrogens (tertiary/aromatic N) is 2. The van der Waals surface area contributed by atoms with Gasteiger partial charge in [-0.15, -0.1) is 0 Å². The van der Waals surface area contributed by atoms with Gasteiger partial charge in [0.1, 0.15) is 0 Å². The van der Waals surface area contributed by atoms with Gasteiger partial charge in [0, 0.05) is 30.7 Å². The van der Waals surface area contributed by atoms with E-state index in [1.165, 1.54) is 0 Å². The van der Waals surface area contributed by atoms with Crippen molar-refractivity contribution in [1.29, 1.82) is 0 Å². The molecule has 2 atom stereocenters. The first kappa shape index (κ1) is 17.4. The van der Waals surface area contributed by atoms with Gasteiger partial charge in [0.25, 0.3) is 0 Å². The lowest BCUT2D eigenvalue weighted by atomic mass is 10.0. The predicted molar refractivity (Wildman–Crippen MR) is 94.6 cm³/mol. The van der Waals surface area contributed by atoms with E-state index < -0.39 is 10.0 Å². The van der Waals surface area contributed by atoms with Gasteiger partial charge in [0.05, 0.1) is 4.90 Å². The third-order valence-corrected chi connectivity index (χ3v) is 7.50. The summed E-state index contributed by atoms with van der Waals surface area (Å²) in [6.07, 6.45) is 4.22. The molecule has 132 valence electrons. The molecule has 1 amide bonds. The number of benzene rings is 1. The van der Waals surface area contributed by atoms with E-state index in [-0.39, 0.29) is 18.0 Å². The van der Waals surface area contributed by atoms with Gasteiger partial charge in [-0.3, -0.25) is 4.79 Å². The van der Waals surface area contributed by atoms with Crippen molar-refractivity contribution in [3.8, 4) is 0 Å². The highest BCUT2D eigenvalue weighted by Gasteiger charge is 2.37. The fourth-order valence-corrected chi connectivity index (χ4v) is 6.07. The molecule has 0 aliphatic carbocycles. The van der Waals surface area contributed by atoms with E-state index in [0.717, 1.165) is 31.2 Å². The zero-order valence-corrected chi connectivity index (χ0v) is 15.5. The molecule has 24 heavy (non-hydrogen) atoms. The van der Waals surface area contributed by atoms with Crippen LogP contribution in [0.25, 0.3) is 0 Å². The standard InChI is InChI=1S/C18H26N2O3S/c1-13-9-10-16(19-11-5-8-18(19)21)12-17(13)24(22,23)20-14(2)6-4-7-15(20)3/h9-10,12,14-15H,4-8,11H2,1-3H3/t14-,15-/m1/s1. The van der Waals surface area contributed by atoms with Crippen molar-refractivity contribution in [2.75, 3.05) is 11.4 Å². The van der Waals surface area contributed by atoms with Crippen LogP contribution in [-0.2, 0) is 14.8 Å². The third-order valence-electron chi connectivity index (χ3n) is 5.22. The van der Waals surface area contributed by atoms with Crippen LogP contribution in [0.5, 0.6) is 0 Å². The molecule has 2 fully saturated rings. The average Bonchev–Trinajstić information content (AvgIpc) is 2.93. The Hall–Kier alpha value is -1.40. The molecule has 0 N–H and O–H groups in total. The molecule has 2 aliphatic heterocycles. The maximum Gasteiger partial charge on any atom is 0.243 e. The van der Waals surface area contributed by atoms with Gasteiger partial charge in [-0.2, -0.15) is 4.31 Å². The van der Waals surface area contributed by atoms with E-state index in [9.17, 15) is 13.2 Å². The Bertz CT molecular complexity index is 735. The lowest BCUT2D eigenvalue weighted by molar-refractivity contribution is -0.117. The van der Waals surface area contributed by atoms with Crippen LogP contribution >= 0.6 is 0 Å². The molecule has 3 rings (SSSR count). The average molecular weight is 350 g/mol. The number of amides is 1. The van der Waals surface area contributed by atoms with Gasteiger partial charge in [-0.25, -0.2) is 8.42 Å². The van der Waals surface area contributed by atoms with Crippen molar-refractivity contribution in [3.63, 3.8) is 0 Å². The minimum absolute atomic E-state index is 0.00947. The molecular weight excluding hydrogens is 324 g/mol. The number of piperidine rings is 1.